The Bertz CT molecular complexity index is 1250. The lowest BCUT2D eigenvalue weighted by atomic mass is 9.97. The highest BCUT2D eigenvalue weighted by molar-refractivity contribution is 5.85. The van der Waals surface area contributed by atoms with Gasteiger partial charge >= 0.3 is 0 Å². The van der Waals surface area contributed by atoms with E-state index in [1.165, 1.54) is 0 Å². The van der Waals surface area contributed by atoms with Gasteiger partial charge in [-0.3, -0.25) is 0 Å². The predicted octanol–water partition coefficient (Wildman–Crippen LogP) is 5.52. The lowest BCUT2D eigenvalue weighted by Crippen LogP contribution is -1.99. The molecule has 0 bridgehead atoms. The molecule has 0 atom stereocenters. The average Bonchev–Trinajstić information content (AvgIpc) is 2.91. The zero-order chi connectivity index (χ0) is 24.1. The second-order valence-corrected chi connectivity index (χ2v) is 7.36. The van der Waals surface area contributed by atoms with Crippen molar-refractivity contribution >= 4 is 0 Å². The maximum absolute atomic E-state index is 5.59. The molecule has 0 aliphatic rings. The van der Waals surface area contributed by atoms with E-state index in [9.17, 15) is 0 Å². The summed E-state index contributed by atoms with van der Waals surface area (Å²) in [4.78, 5) is 0. The van der Waals surface area contributed by atoms with Crippen molar-refractivity contribution in [1.29, 1.82) is 0 Å². The first-order chi connectivity index (χ1) is 16.6. The average molecular weight is 459 g/mol. The van der Waals surface area contributed by atoms with Crippen LogP contribution in [0.15, 0.2) is 66.7 Å². The van der Waals surface area contributed by atoms with Gasteiger partial charge in [-0.2, -0.15) is 0 Å². The van der Waals surface area contributed by atoms with Gasteiger partial charge in [-0.1, -0.05) is 0 Å². The SMILES string of the molecule is COc1ccc(-c2cc(-c3cc(OC)c(OC)c(OC)c3)c(-c3ccc(OC)cc3)nn2)cc1. The summed E-state index contributed by atoms with van der Waals surface area (Å²) in [5.41, 5.74) is 4.98. The number of methoxy groups -OCH3 is 5. The monoisotopic (exact) mass is 458 g/mol. The van der Waals surface area contributed by atoms with Crippen LogP contribution in [0, 0.1) is 0 Å². The summed E-state index contributed by atoms with van der Waals surface area (Å²) >= 11 is 0. The van der Waals surface area contributed by atoms with Crippen molar-refractivity contribution in [3.63, 3.8) is 0 Å². The third-order valence-electron chi connectivity index (χ3n) is 5.52. The van der Waals surface area contributed by atoms with E-state index in [2.05, 4.69) is 10.2 Å². The Balaban J connectivity index is 1.93. The van der Waals surface area contributed by atoms with E-state index in [0.717, 1.165) is 39.4 Å². The fourth-order valence-electron chi connectivity index (χ4n) is 3.71. The van der Waals surface area contributed by atoms with E-state index >= 15 is 0 Å². The first-order valence-electron chi connectivity index (χ1n) is 10.6. The zero-order valence-electron chi connectivity index (χ0n) is 19.8. The number of rotatable bonds is 8. The highest BCUT2D eigenvalue weighted by Gasteiger charge is 2.19. The van der Waals surface area contributed by atoms with E-state index in [-0.39, 0.29) is 0 Å². The molecule has 0 aliphatic heterocycles. The van der Waals surface area contributed by atoms with Crippen LogP contribution < -0.4 is 23.7 Å². The molecular weight excluding hydrogens is 432 g/mol. The van der Waals surface area contributed by atoms with Crippen molar-refractivity contribution in [2.45, 2.75) is 0 Å². The molecule has 0 unspecified atom stereocenters. The van der Waals surface area contributed by atoms with Gasteiger partial charge in [0.05, 0.1) is 41.2 Å². The smallest absolute Gasteiger partial charge is 0.203 e. The number of benzene rings is 3. The molecule has 34 heavy (non-hydrogen) atoms. The second kappa shape index (κ2) is 10.1. The molecule has 0 N–H and O–H groups in total. The van der Waals surface area contributed by atoms with Gasteiger partial charge in [0.25, 0.3) is 0 Å². The predicted molar refractivity (Wildman–Crippen MR) is 131 cm³/mol. The summed E-state index contributed by atoms with van der Waals surface area (Å²) in [5, 5.41) is 9.14. The number of nitrogens with zero attached hydrogens (tertiary/aromatic N) is 2. The van der Waals surface area contributed by atoms with Gasteiger partial charge < -0.3 is 23.7 Å². The molecule has 174 valence electrons. The standard InChI is InChI=1S/C27H26N2O5/c1-30-20-10-6-17(7-11-20)23-16-22(19-14-24(32-3)27(34-5)25(15-19)33-4)26(29-28-23)18-8-12-21(31-2)13-9-18/h6-16H,1-5H3. The molecule has 0 spiro atoms. The minimum absolute atomic E-state index is 0.525. The van der Waals surface area contributed by atoms with Crippen molar-refractivity contribution < 1.29 is 23.7 Å². The Labute approximate surface area is 198 Å². The molecule has 0 radical (unpaired) electrons. The van der Waals surface area contributed by atoms with Crippen LogP contribution in [-0.4, -0.2) is 45.7 Å². The number of aromatic nitrogens is 2. The van der Waals surface area contributed by atoms with Crippen molar-refractivity contribution in [3.8, 4) is 62.4 Å². The van der Waals surface area contributed by atoms with E-state index in [4.69, 9.17) is 23.7 Å². The van der Waals surface area contributed by atoms with Crippen LogP contribution in [0.5, 0.6) is 28.7 Å². The third kappa shape index (κ3) is 4.45. The van der Waals surface area contributed by atoms with Crippen LogP contribution in [0.1, 0.15) is 0 Å². The fourth-order valence-corrected chi connectivity index (χ4v) is 3.71. The molecule has 0 amide bonds. The summed E-state index contributed by atoms with van der Waals surface area (Å²) in [6.07, 6.45) is 0. The molecule has 7 nitrogen and oxygen atoms in total. The van der Waals surface area contributed by atoms with Crippen LogP contribution in [0.2, 0.25) is 0 Å². The van der Waals surface area contributed by atoms with Crippen LogP contribution in [0.4, 0.5) is 0 Å². The molecule has 0 saturated carbocycles. The molecule has 0 saturated heterocycles. The molecular formula is C27H26N2O5. The Hall–Kier alpha value is -4.26. The highest BCUT2D eigenvalue weighted by Crippen LogP contribution is 2.43. The Kier molecular flexibility index (Phi) is 6.82. The summed E-state index contributed by atoms with van der Waals surface area (Å²) in [5.74, 6) is 3.18. The minimum atomic E-state index is 0.525. The van der Waals surface area contributed by atoms with Gasteiger partial charge in [-0.15, -0.1) is 10.2 Å². The van der Waals surface area contributed by atoms with Gasteiger partial charge in [-0.05, 0) is 72.3 Å². The van der Waals surface area contributed by atoms with Crippen LogP contribution in [0.25, 0.3) is 33.6 Å². The summed E-state index contributed by atoms with van der Waals surface area (Å²) in [6, 6.07) is 21.2. The van der Waals surface area contributed by atoms with Crippen LogP contribution in [-0.2, 0) is 0 Å². The van der Waals surface area contributed by atoms with E-state index in [0.29, 0.717) is 22.9 Å². The molecule has 0 aliphatic carbocycles. The summed E-state index contributed by atoms with van der Waals surface area (Å²) < 4.78 is 27.3. The van der Waals surface area contributed by atoms with Crippen molar-refractivity contribution in [1.82, 2.24) is 10.2 Å². The lowest BCUT2D eigenvalue weighted by molar-refractivity contribution is 0.324. The maximum atomic E-state index is 5.59. The number of ether oxygens (including phenoxy) is 5. The molecule has 4 rings (SSSR count). The lowest BCUT2D eigenvalue weighted by Gasteiger charge is -2.16. The van der Waals surface area contributed by atoms with Gasteiger partial charge in [0.15, 0.2) is 11.5 Å². The first kappa shape index (κ1) is 22.9. The fraction of sp³-hybridized carbons (Fsp3) is 0.185. The number of hydrogen-bond donors (Lipinski definition) is 0. The maximum Gasteiger partial charge on any atom is 0.203 e. The summed E-state index contributed by atoms with van der Waals surface area (Å²) in [6.45, 7) is 0. The molecule has 0 fully saturated rings. The minimum Gasteiger partial charge on any atom is -0.497 e. The molecule has 1 heterocycles. The highest BCUT2D eigenvalue weighted by atomic mass is 16.5. The van der Waals surface area contributed by atoms with Crippen LogP contribution >= 0.6 is 0 Å². The van der Waals surface area contributed by atoms with Crippen molar-refractivity contribution in [2.75, 3.05) is 35.5 Å². The van der Waals surface area contributed by atoms with Gasteiger partial charge in [0.1, 0.15) is 17.2 Å². The molecule has 7 heteroatoms. The summed E-state index contributed by atoms with van der Waals surface area (Å²) in [7, 11) is 8.05. The molecule has 4 aromatic rings. The van der Waals surface area contributed by atoms with Gasteiger partial charge in [0.2, 0.25) is 5.75 Å². The second-order valence-electron chi connectivity index (χ2n) is 7.36. The number of hydrogen-bond acceptors (Lipinski definition) is 7. The Morgan fingerprint density at radius 2 is 1.03 bits per heavy atom. The quantitative estimate of drug-likeness (QED) is 0.344. The Morgan fingerprint density at radius 1 is 0.500 bits per heavy atom. The van der Waals surface area contributed by atoms with E-state index in [1.54, 1.807) is 35.5 Å². The van der Waals surface area contributed by atoms with Gasteiger partial charge in [0, 0.05) is 16.7 Å². The van der Waals surface area contributed by atoms with Gasteiger partial charge in [-0.25, -0.2) is 0 Å². The zero-order valence-corrected chi connectivity index (χ0v) is 19.8. The molecule has 1 aromatic heterocycles. The van der Waals surface area contributed by atoms with Crippen molar-refractivity contribution in [2.24, 2.45) is 0 Å². The normalized spacial score (nSPS) is 10.5. The topological polar surface area (TPSA) is 71.9 Å². The van der Waals surface area contributed by atoms with E-state index < -0.39 is 0 Å². The third-order valence-corrected chi connectivity index (χ3v) is 5.52. The van der Waals surface area contributed by atoms with E-state index in [1.807, 2.05) is 66.7 Å². The first-order valence-corrected chi connectivity index (χ1v) is 10.6. The van der Waals surface area contributed by atoms with Crippen LogP contribution in [0.3, 0.4) is 0 Å². The largest absolute Gasteiger partial charge is 0.497 e. The Morgan fingerprint density at radius 3 is 1.50 bits per heavy atom. The molecule has 3 aromatic carbocycles. The van der Waals surface area contributed by atoms with Crippen molar-refractivity contribution in [3.05, 3.63) is 66.7 Å².